The Labute approximate surface area is 190 Å². The number of carbonyl (C=O) groups excluding carboxylic acids is 2. The van der Waals surface area contributed by atoms with E-state index in [2.05, 4.69) is 15.7 Å². The van der Waals surface area contributed by atoms with E-state index in [1.165, 1.54) is 11.8 Å². The predicted octanol–water partition coefficient (Wildman–Crippen LogP) is 4.73. The zero-order valence-electron chi connectivity index (χ0n) is 18.1. The van der Waals surface area contributed by atoms with Gasteiger partial charge in [0.25, 0.3) is 11.8 Å². The van der Waals surface area contributed by atoms with Crippen LogP contribution in [0, 0.1) is 0 Å². The van der Waals surface area contributed by atoms with Gasteiger partial charge >= 0.3 is 0 Å². The minimum atomic E-state index is -0.352. The number of rotatable bonds is 7. The number of anilines is 2. The van der Waals surface area contributed by atoms with Gasteiger partial charge in [-0.1, -0.05) is 18.2 Å². The first-order chi connectivity index (χ1) is 16.0. The maximum atomic E-state index is 12.6. The fourth-order valence-electron chi connectivity index (χ4n) is 3.11. The highest BCUT2D eigenvalue weighted by Crippen LogP contribution is 2.23. The van der Waals surface area contributed by atoms with Gasteiger partial charge in [0.15, 0.2) is 0 Å². The fraction of sp³-hybridized carbons (Fsp3) is 0.0800. The lowest BCUT2D eigenvalue weighted by Gasteiger charge is -2.09. The van der Waals surface area contributed by atoms with E-state index in [0.717, 1.165) is 5.75 Å². The number of carbonyl (C=O) groups is 2. The number of para-hydroxylation sites is 1. The highest BCUT2D eigenvalue weighted by Gasteiger charge is 2.16. The summed E-state index contributed by atoms with van der Waals surface area (Å²) in [7, 11) is 3.16. The molecule has 0 aliphatic heterocycles. The van der Waals surface area contributed by atoms with Crippen molar-refractivity contribution < 1.29 is 19.1 Å². The Bertz CT molecular complexity index is 1250. The molecular formula is C25H22N4O4. The van der Waals surface area contributed by atoms with E-state index in [1.54, 1.807) is 61.8 Å². The quantitative estimate of drug-likeness (QED) is 0.432. The van der Waals surface area contributed by atoms with Crippen molar-refractivity contribution in [2.75, 3.05) is 17.7 Å². The highest BCUT2D eigenvalue weighted by atomic mass is 16.5. The molecule has 0 aliphatic carbocycles. The lowest BCUT2D eigenvalue weighted by molar-refractivity contribution is 0.101. The summed E-state index contributed by atoms with van der Waals surface area (Å²) in [5, 5.41) is 9.68. The van der Waals surface area contributed by atoms with Gasteiger partial charge in [0, 0.05) is 30.2 Å². The normalized spacial score (nSPS) is 10.4. The largest absolute Gasteiger partial charge is 0.479 e. The van der Waals surface area contributed by atoms with Crippen molar-refractivity contribution in [3.8, 4) is 17.4 Å². The van der Waals surface area contributed by atoms with Crippen molar-refractivity contribution in [2.45, 2.75) is 0 Å². The molecule has 8 nitrogen and oxygen atoms in total. The van der Waals surface area contributed by atoms with Crippen LogP contribution in [0.1, 0.15) is 20.7 Å². The zero-order valence-corrected chi connectivity index (χ0v) is 18.1. The van der Waals surface area contributed by atoms with Gasteiger partial charge in [0.1, 0.15) is 17.1 Å². The fourth-order valence-corrected chi connectivity index (χ4v) is 3.11. The molecule has 0 aliphatic rings. The molecule has 4 rings (SSSR count). The summed E-state index contributed by atoms with van der Waals surface area (Å²) in [4.78, 5) is 25.1. The molecule has 0 unspecified atom stereocenters. The molecule has 33 heavy (non-hydrogen) atoms. The number of nitrogens with zero attached hydrogens (tertiary/aromatic N) is 2. The van der Waals surface area contributed by atoms with E-state index < -0.39 is 0 Å². The first-order valence-electron chi connectivity index (χ1n) is 10.1. The minimum Gasteiger partial charge on any atom is -0.479 e. The zero-order chi connectivity index (χ0) is 23.2. The molecule has 0 bridgehead atoms. The van der Waals surface area contributed by atoms with Crippen LogP contribution in [-0.2, 0) is 7.05 Å². The number of ether oxygens (including phenoxy) is 2. The summed E-state index contributed by atoms with van der Waals surface area (Å²) in [6.07, 6.45) is 1.58. The van der Waals surface area contributed by atoms with Gasteiger partial charge in [-0.05, 0) is 60.7 Å². The second-order valence-electron chi connectivity index (χ2n) is 7.15. The van der Waals surface area contributed by atoms with Crippen LogP contribution in [0.25, 0.3) is 0 Å². The third-order valence-corrected chi connectivity index (χ3v) is 4.73. The van der Waals surface area contributed by atoms with Crippen LogP contribution in [0.4, 0.5) is 11.4 Å². The Morgan fingerprint density at radius 2 is 1.36 bits per heavy atom. The number of methoxy groups -OCH3 is 1. The number of amides is 2. The molecule has 3 aromatic carbocycles. The third-order valence-electron chi connectivity index (χ3n) is 4.73. The molecule has 1 heterocycles. The van der Waals surface area contributed by atoms with E-state index in [9.17, 15) is 9.59 Å². The second kappa shape index (κ2) is 9.69. The molecule has 8 heteroatoms. The van der Waals surface area contributed by atoms with Crippen LogP contribution in [0.15, 0.2) is 85.1 Å². The van der Waals surface area contributed by atoms with Crippen molar-refractivity contribution in [3.63, 3.8) is 0 Å². The van der Waals surface area contributed by atoms with Crippen LogP contribution < -0.4 is 20.1 Å². The van der Waals surface area contributed by atoms with Gasteiger partial charge in [-0.3, -0.25) is 14.3 Å². The van der Waals surface area contributed by atoms with Gasteiger partial charge in [0.05, 0.1) is 7.11 Å². The number of nitrogens with one attached hydrogen (secondary N) is 2. The molecule has 2 N–H and O–H groups in total. The van der Waals surface area contributed by atoms with Crippen molar-refractivity contribution >= 4 is 23.2 Å². The molecule has 2 amide bonds. The van der Waals surface area contributed by atoms with E-state index in [-0.39, 0.29) is 17.7 Å². The number of benzene rings is 3. The van der Waals surface area contributed by atoms with Crippen LogP contribution in [0.5, 0.6) is 17.4 Å². The van der Waals surface area contributed by atoms with Gasteiger partial charge in [-0.2, -0.15) is 0 Å². The van der Waals surface area contributed by atoms with E-state index in [1.807, 2.05) is 30.3 Å². The van der Waals surface area contributed by atoms with Crippen LogP contribution in [-0.4, -0.2) is 28.7 Å². The molecule has 4 aromatic rings. The number of hydrogen-bond acceptors (Lipinski definition) is 5. The van der Waals surface area contributed by atoms with Gasteiger partial charge < -0.3 is 20.1 Å². The van der Waals surface area contributed by atoms with Crippen molar-refractivity contribution in [2.24, 2.45) is 7.05 Å². The van der Waals surface area contributed by atoms with Crippen LogP contribution >= 0.6 is 0 Å². The molecule has 0 fully saturated rings. The third kappa shape index (κ3) is 5.37. The van der Waals surface area contributed by atoms with Crippen molar-refractivity contribution in [3.05, 3.63) is 96.2 Å². The summed E-state index contributed by atoms with van der Waals surface area (Å²) in [5.74, 6) is 1.03. The monoisotopic (exact) mass is 442 g/mol. The summed E-state index contributed by atoms with van der Waals surface area (Å²) in [6.45, 7) is 0. The standard InChI is InChI=1S/C25H22N4O4/c1-29-16-22(25(28-29)32-2)24(31)27-18-10-8-17(9-11-18)23(30)26-19-12-14-21(15-13-19)33-20-6-4-3-5-7-20/h3-16H,1-2H3,(H,26,30)(H,27,31). The Morgan fingerprint density at radius 3 is 2.00 bits per heavy atom. The molecule has 0 saturated carbocycles. The predicted molar refractivity (Wildman–Crippen MR) is 125 cm³/mol. The van der Waals surface area contributed by atoms with Gasteiger partial charge in [-0.25, -0.2) is 0 Å². The van der Waals surface area contributed by atoms with Crippen molar-refractivity contribution in [1.29, 1.82) is 0 Å². The molecule has 1 aromatic heterocycles. The number of hydrogen-bond donors (Lipinski definition) is 2. The Balaban J connectivity index is 1.35. The lowest BCUT2D eigenvalue weighted by atomic mass is 10.2. The first-order valence-corrected chi connectivity index (χ1v) is 10.1. The first kappa shape index (κ1) is 21.6. The van der Waals surface area contributed by atoms with Crippen LogP contribution in [0.2, 0.25) is 0 Å². The number of aryl methyl sites for hydroxylation is 1. The minimum absolute atomic E-state index is 0.242. The molecule has 0 radical (unpaired) electrons. The lowest BCUT2D eigenvalue weighted by Crippen LogP contribution is -2.14. The smallest absolute Gasteiger partial charge is 0.262 e. The molecule has 0 atom stereocenters. The van der Waals surface area contributed by atoms with Crippen LogP contribution in [0.3, 0.4) is 0 Å². The highest BCUT2D eigenvalue weighted by molar-refractivity contribution is 6.07. The topological polar surface area (TPSA) is 94.5 Å². The average Bonchev–Trinajstić information content (AvgIpc) is 3.22. The molecule has 0 saturated heterocycles. The Kier molecular flexibility index (Phi) is 6.36. The van der Waals surface area contributed by atoms with Crippen molar-refractivity contribution in [1.82, 2.24) is 9.78 Å². The maximum absolute atomic E-state index is 12.6. The van der Waals surface area contributed by atoms with E-state index >= 15 is 0 Å². The molecule has 166 valence electrons. The molecule has 0 spiro atoms. The van der Waals surface area contributed by atoms with Gasteiger partial charge in [-0.15, -0.1) is 5.10 Å². The SMILES string of the molecule is COc1nn(C)cc1C(=O)Nc1ccc(C(=O)Nc2ccc(Oc3ccccc3)cc2)cc1. The average molecular weight is 442 g/mol. The Hall–Kier alpha value is -4.59. The van der Waals surface area contributed by atoms with E-state index in [0.29, 0.717) is 28.3 Å². The van der Waals surface area contributed by atoms with E-state index in [4.69, 9.17) is 9.47 Å². The summed E-state index contributed by atoms with van der Waals surface area (Å²) >= 11 is 0. The second-order valence-corrected chi connectivity index (χ2v) is 7.15. The molecular weight excluding hydrogens is 420 g/mol. The summed E-state index contributed by atoms with van der Waals surface area (Å²) in [6, 6.07) is 23.2. The Morgan fingerprint density at radius 1 is 0.788 bits per heavy atom. The maximum Gasteiger partial charge on any atom is 0.262 e. The van der Waals surface area contributed by atoms with Gasteiger partial charge in [0.2, 0.25) is 5.88 Å². The number of aromatic nitrogens is 2. The summed E-state index contributed by atoms with van der Waals surface area (Å²) in [5.41, 5.74) is 1.96. The summed E-state index contributed by atoms with van der Waals surface area (Å²) < 4.78 is 12.4.